The van der Waals surface area contributed by atoms with Gasteiger partial charge in [-0.05, 0) is 66.3 Å². The molecule has 0 fully saturated rings. The Bertz CT molecular complexity index is 1240. The third-order valence-electron chi connectivity index (χ3n) is 6.41. The summed E-state index contributed by atoms with van der Waals surface area (Å²) in [6, 6.07) is 17.1. The van der Waals surface area contributed by atoms with Crippen molar-refractivity contribution in [3.8, 4) is 11.5 Å². The Labute approximate surface area is 219 Å². The molecule has 7 heteroatoms. The lowest BCUT2D eigenvalue weighted by molar-refractivity contribution is -0.133. The van der Waals surface area contributed by atoms with Crippen molar-refractivity contribution in [2.45, 2.75) is 59.5 Å². The summed E-state index contributed by atoms with van der Waals surface area (Å²) in [7, 11) is 0. The summed E-state index contributed by atoms with van der Waals surface area (Å²) < 4.78 is 16.7. The highest BCUT2D eigenvalue weighted by atomic mass is 16.7. The molecule has 0 saturated heterocycles. The summed E-state index contributed by atoms with van der Waals surface area (Å²) in [5.41, 5.74) is 2.65. The predicted molar refractivity (Wildman–Crippen MR) is 142 cm³/mol. The van der Waals surface area contributed by atoms with Gasteiger partial charge in [0.2, 0.25) is 12.7 Å². The lowest BCUT2D eigenvalue weighted by Crippen LogP contribution is -2.42. The molecule has 2 aromatic carbocycles. The molecule has 1 aliphatic rings. The molecule has 0 unspecified atom stereocenters. The number of carbonyl (C=O) groups is 2. The number of fused-ring (bicyclic) bond motifs is 1. The molecule has 1 aliphatic heterocycles. The van der Waals surface area contributed by atoms with E-state index in [9.17, 15) is 9.59 Å². The molecule has 0 spiro atoms. The number of ether oxygens (including phenoxy) is 2. The maximum Gasteiger partial charge on any atom is 0.254 e. The van der Waals surface area contributed by atoms with Gasteiger partial charge >= 0.3 is 0 Å². The molecule has 1 aromatic heterocycles. The van der Waals surface area contributed by atoms with Gasteiger partial charge < -0.3 is 23.7 Å². The lowest BCUT2D eigenvalue weighted by atomic mass is 9.86. The SMILES string of the molecule is CCCN(CC(=O)N(Cc1ccc2c(c1)OCO2)Cc1ccc(C)o1)C(=O)c1ccc(C(C)(C)C)cc1. The van der Waals surface area contributed by atoms with Crippen LogP contribution >= 0.6 is 0 Å². The van der Waals surface area contributed by atoms with E-state index in [1.807, 2.05) is 68.4 Å². The highest BCUT2D eigenvalue weighted by Gasteiger charge is 2.24. The Hall–Kier alpha value is -3.74. The number of furan rings is 1. The topological polar surface area (TPSA) is 72.2 Å². The van der Waals surface area contributed by atoms with Crippen LogP contribution in [0.5, 0.6) is 11.5 Å². The number of hydrogen-bond donors (Lipinski definition) is 0. The van der Waals surface area contributed by atoms with E-state index in [-0.39, 0.29) is 30.6 Å². The summed E-state index contributed by atoms with van der Waals surface area (Å²) in [6.45, 7) is 11.6. The molecule has 2 heterocycles. The standard InChI is InChI=1S/C30H36N2O5/c1-6-15-31(29(34)23-9-11-24(12-10-23)30(3,4)5)19-28(33)32(18-25-13-7-21(2)37-25)17-22-8-14-26-27(16-22)36-20-35-26/h7-14,16H,6,15,17-20H2,1-5H3. The second kappa shape index (κ2) is 11.1. The third-order valence-corrected chi connectivity index (χ3v) is 6.41. The summed E-state index contributed by atoms with van der Waals surface area (Å²) in [4.78, 5) is 30.4. The van der Waals surface area contributed by atoms with Crippen LogP contribution in [0.4, 0.5) is 0 Å². The van der Waals surface area contributed by atoms with Crippen LogP contribution in [0.25, 0.3) is 0 Å². The van der Waals surface area contributed by atoms with Crippen LogP contribution in [0, 0.1) is 6.92 Å². The first-order valence-electron chi connectivity index (χ1n) is 12.8. The Morgan fingerprint density at radius 3 is 2.27 bits per heavy atom. The molecule has 0 atom stereocenters. The largest absolute Gasteiger partial charge is 0.464 e. The minimum Gasteiger partial charge on any atom is -0.464 e. The first kappa shape index (κ1) is 26.3. The highest BCUT2D eigenvalue weighted by molar-refractivity contribution is 5.96. The van der Waals surface area contributed by atoms with Gasteiger partial charge in [0.15, 0.2) is 11.5 Å². The molecular formula is C30H36N2O5. The van der Waals surface area contributed by atoms with Crippen LogP contribution in [-0.4, -0.2) is 41.5 Å². The van der Waals surface area contributed by atoms with E-state index in [0.29, 0.717) is 42.5 Å². The number of hydrogen-bond acceptors (Lipinski definition) is 5. The Balaban J connectivity index is 1.53. The quantitative estimate of drug-likeness (QED) is 0.374. The molecule has 7 nitrogen and oxygen atoms in total. The van der Waals surface area contributed by atoms with E-state index in [1.165, 1.54) is 0 Å². The fraction of sp³-hybridized carbons (Fsp3) is 0.400. The van der Waals surface area contributed by atoms with E-state index in [1.54, 1.807) is 9.80 Å². The molecule has 196 valence electrons. The lowest BCUT2D eigenvalue weighted by Gasteiger charge is -2.27. The highest BCUT2D eigenvalue weighted by Crippen LogP contribution is 2.33. The summed E-state index contributed by atoms with van der Waals surface area (Å²) >= 11 is 0. The zero-order chi connectivity index (χ0) is 26.6. The molecule has 0 radical (unpaired) electrons. The zero-order valence-electron chi connectivity index (χ0n) is 22.4. The molecule has 0 bridgehead atoms. The van der Waals surface area contributed by atoms with Crippen molar-refractivity contribution in [3.05, 3.63) is 82.8 Å². The van der Waals surface area contributed by atoms with E-state index in [4.69, 9.17) is 13.9 Å². The minimum atomic E-state index is -0.153. The Morgan fingerprint density at radius 1 is 0.892 bits per heavy atom. The van der Waals surface area contributed by atoms with Gasteiger partial charge in [0.25, 0.3) is 5.91 Å². The summed E-state index contributed by atoms with van der Waals surface area (Å²) in [5, 5.41) is 0. The minimum absolute atomic E-state index is 0.0000779. The number of amides is 2. The van der Waals surface area contributed by atoms with Crippen LogP contribution in [0.2, 0.25) is 0 Å². The fourth-order valence-electron chi connectivity index (χ4n) is 4.33. The molecule has 2 amide bonds. The summed E-state index contributed by atoms with van der Waals surface area (Å²) in [5.74, 6) is 2.54. The van der Waals surface area contributed by atoms with Crippen molar-refractivity contribution in [3.63, 3.8) is 0 Å². The number of rotatable bonds is 9. The zero-order valence-corrected chi connectivity index (χ0v) is 22.4. The molecule has 0 N–H and O–H groups in total. The molecule has 0 saturated carbocycles. The second-order valence-corrected chi connectivity index (χ2v) is 10.5. The summed E-state index contributed by atoms with van der Waals surface area (Å²) in [6.07, 6.45) is 0.749. The van der Waals surface area contributed by atoms with Crippen molar-refractivity contribution >= 4 is 11.8 Å². The van der Waals surface area contributed by atoms with Gasteiger partial charge in [-0.15, -0.1) is 0 Å². The van der Waals surface area contributed by atoms with E-state index in [0.717, 1.165) is 23.3 Å². The maximum absolute atomic E-state index is 13.6. The molecule has 3 aromatic rings. The van der Waals surface area contributed by atoms with Crippen molar-refractivity contribution in [2.24, 2.45) is 0 Å². The van der Waals surface area contributed by atoms with Gasteiger partial charge in [0.05, 0.1) is 6.54 Å². The average Bonchev–Trinajstić information content (AvgIpc) is 3.50. The number of aryl methyl sites for hydroxylation is 1. The van der Waals surface area contributed by atoms with E-state index >= 15 is 0 Å². The van der Waals surface area contributed by atoms with Crippen molar-refractivity contribution in [2.75, 3.05) is 19.9 Å². The Kier molecular flexibility index (Phi) is 7.91. The van der Waals surface area contributed by atoms with Gasteiger partial charge in [-0.1, -0.05) is 45.9 Å². The average molecular weight is 505 g/mol. The van der Waals surface area contributed by atoms with Crippen LogP contribution < -0.4 is 9.47 Å². The van der Waals surface area contributed by atoms with Crippen LogP contribution in [-0.2, 0) is 23.3 Å². The van der Waals surface area contributed by atoms with E-state index < -0.39 is 0 Å². The normalized spacial score (nSPS) is 12.5. The van der Waals surface area contributed by atoms with Gasteiger partial charge in [-0.2, -0.15) is 0 Å². The van der Waals surface area contributed by atoms with Crippen molar-refractivity contribution in [1.29, 1.82) is 0 Å². The van der Waals surface area contributed by atoms with Gasteiger partial charge in [0, 0.05) is 18.7 Å². The molecule has 0 aliphatic carbocycles. The van der Waals surface area contributed by atoms with Crippen LogP contribution in [0.3, 0.4) is 0 Å². The third kappa shape index (κ3) is 6.53. The number of carbonyl (C=O) groups excluding carboxylic acids is 2. The van der Waals surface area contributed by atoms with Crippen LogP contribution in [0.1, 0.15) is 67.1 Å². The number of nitrogens with zero attached hydrogens (tertiary/aromatic N) is 2. The number of benzene rings is 2. The smallest absolute Gasteiger partial charge is 0.254 e. The van der Waals surface area contributed by atoms with Crippen LogP contribution in [0.15, 0.2) is 59.0 Å². The fourth-order valence-corrected chi connectivity index (χ4v) is 4.33. The Morgan fingerprint density at radius 2 is 1.62 bits per heavy atom. The predicted octanol–water partition coefficient (Wildman–Crippen LogP) is 5.70. The molecule has 4 rings (SSSR count). The first-order valence-corrected chi connectivity index (χ1v) is 12.8. The van der Waals surface area contributed by atoms with Gasteiger partial charge in [-0.3, -0.25) is 9.59 Å². The van der Waals surface area contributed by atoms with Gasteiger partial charge in [0.1, 0.15) is 18.1 Å². The second-order valence-electron chi connectivity index (χ2n) is 10.5. The first-order chi connectivity index (χ1) is 17.6. The molecule has 37 heavy (non-hydrogen) atoms. The van der Waals surface area contributed by atoms with E-state index in [2.05, 4.69) is 20.8 Å². The van der Waals surface area contributed by atoms with Crippen molar-refractivity contribution < 1.29 is 23.5 Å². The molecular weight excluding hydrogens is 468 g/mol. The maximum atomic E-state index is 13.6. The van der Waals surface area contributed by atoms with Crippen molar-refractivity contribution in [1.82, 2.24) is 9.80 Å². The monoisotopic (exact) mass is 504 g/mol. The van der Waals surface area contributed by atoms with Gasteiger partial charge in [-0.25, -0.2) is 0 Å².